The number of aliphatic hydroxyl groups excluding tert-OH is 1. The van der Waals surface area contributed by atoms with Crippen molar-refractivity contribution in [3.8, 4) is 0 Å². The second kappa shape index (κ2) is 6.73. The van der Waals surface area contributed by atoms with Crippen LogP contribution in [0.25, 0.3) is 10.9 Å². The minimum Gasteiger partial charge on any atom is -0.390 e. The zero-order valence-electron chi connectivity index (χ0n) is 11.9. The molecular weight excluding hydrogens is 330 g/mol. The molecule has 1 saturated heterocycles. The number of aromatic nitrogens is 1. The quantitative estimate of drug-likeness (QED) is 0.871. The minimum atomic E-state index is -0.353. The summed E-state index contributed by atoms with van der Waals surface area (Å²) in [6.45, 7) is 3.52. The molecule has 1 aliphatic rings. The van der Waals surface area contributed by atoms with Crippen LogP contribution in [-0.2, 0) is 0 Å². The number of hydrogen-bond acceptors (Lipinski definition) is 4. The fourth-order valence-corrected chi connectivity index (χ4v) is 3.18. The first kappa shape index (κ1) is 14.8. The van der Waals surface area contributed by atoms with E-state index < -0.39 is 0 Å². The van der Waals surface area contributed by atoms with Crippen molar-refractivity contribution in [1.29, 1.82) is 0 Å². The molecule has 0 radical (unpaired) electrons. The first-order valence-corrected chi connectivity index (χ1v) is 8.20. The average molecular weight is 350 g/mol. The Morgan fingerprint density at radius 1 is 1.33 bits per heavy atom. The Bertz CT molecular complexity index is 613. The van der Waals surface area contributed by atoms with Gasteiger partial charge in [0.15, 0.2) is 0 Å². The molecule has 4 nitrogen and oxygen atoms in total. The predicted molar refractivity (Wildman–Crippen MR) is 89.6 cm³/mol. The first-order valence-electron chi connectivity index (χ1n) is 7.41. The van der Waals surface area contributed by atoms with Gasteiger partial charge in [0.1, 0.15) is 0 Å². The summed E-state index contributed by atoms with van der Waals surface area (Å²) in [7, 11) is 0. The third-order valence-electron chi connectivity index (χ3n) is 3.87. The molecule has 1 unspecified atom stereocenters. The molecular formula is C16H20BrN3O. The molecule has 2 heterocycles. The Kier molecular flexibility index (Phi) is 4.73. The van der Waals surface area contributed by atoms with Crippen LogP contribution in [0.5, 0.6) is 0 Å². The number of pyridine rings is 1. The van der Waals surface area contributed by atoms with E-state index in [1.54, 1.807) is 6.20 Å². The van der Waals surface area contributed by atoms with Gasteiger partial charge in [0.25, 0.3) is 0 Å². The van der Waals surface area contributed by atoms with Gasteiger partial charge in [-0.05, 0) is 54.0 Å². The third kappa shape index (κ3) is 3.73. The van der Waals surface area contributed by atoms with Gasteiger partial charge in [-0.3, -0.25) is 4.98 Å². The molecule has 112 valence electrons. The molecule has 1 fully saturated rings. The molecule has 2 aromatic rings. The number of para-hydroxylation sites is 1. The van der Waals surface area contributed by atoms with Gasteiger partial charge >= 0.3 is 0 Å². The fourth-order valence-electron chi connectivity index (χ4n) is 2.83. The van der Waals surface area contributed by atoms with Crippen molar-refractivity contribution in [3.63, 3.8) is 0 Å². The van der Waals surface area contributed by atoms with Crippen molar-refractivity contribution in [2.45, 2.75) is 18.9 Å². The highest BCUT2D eigenvalue weighted by Gasteiger charge is 2.15. The van der Waals surface area contributed by atoms with Gasteiger partial charge in [-0.1, -0.05) is 12.1 Å². The Labute approximate surface area is 133 Å². The summed E-state index contributed by atoms with van der Waals surface area (Å²) in [5.74, 6) is 0. The van der Waals surface area contributed by atoms with E-state index in [9.17, 15) is 5.11 Å². The molecule has 1 atom stereocenters. The largest absolute Gasteiger partial charge is 0.390 e. The van der Waals surface area contributed by atoms with E-state index in [-0.39, 0.29) is 6.10 Å². The standard InChI is InChI=1S/C16H20BrN3O/c17-13-8-12-4-3-5-15(16(12)19-9-13)18-10-14(21)11-20-6-1-2-7-20/h3-5,8-9,14,18,21H,1-2,6-7,10-11H2. The fraction of sp³-hybridized carbons (Fsp3) is 0.438. The summed E-state index contributed by atoms with van der Waals surface area (Å²) in [4.78, 5) is 6.78. The smallest absolute Gasteiger partial charge is 0.0934 e. The number of aliphatic hydroxyl groups is 1. The normalized spacial score (nSPS) is 17.2. The highest BCUT2D eigenvalue weighted by molar-refractivity contribution is 9.10. The van der Waals surface area contributed by atoms with E-state index >= 15 is 0 Å². The average Bonchev–Trinajstić information content (AvgIpc) is 2.97. The summed E-state index contributed by atoms with van der Waals surface area (Å²) in [5.41, 5.74) is 1.91. The zero-order valence-corrected chi connectivity index (χ0v) is 13.5. The van der Waals surface area contributed by atoms with Gasteiger partial charge in [-0.2, -0.15) is 0 Å². The summed E-state index contributed by atoms with van der Waals surface area (Å²) in [6, 6.07) is 8.10. The number of benzene rings is 1. The molecule has 0 aliphatic carbocycles. The zero-order chi connectivity index (χ0) is 14.7. The molecule has 2 N–H and O–H groups in total. The molecule has 0 saturated carbocycles. The number of halogens is 1. The van der Waals surface area contributed by atoms with Gasteiger partial charge in [0.05, 0.1) is 17.3 Å². The lowest BCUT2D eigenvalue weighted by Crippen LogP contribution is -2.34. The van der Waals surface area contributed by atoms with Gasteiger partial charge in [-0.25, -0.2) is 0 Å². The number of likely N-dealkylation sites (tertiary alicyclic amines) is 1. The van der Waals surface area contributed by atoms with Crippen molar-refractivity contribution in [2.75, 3.05) is 31.5 Å². The number of β-amino-alcohol motifs (C(OH)–C–C–N with tert-alkyl or cyclic N) is 1. The molecule has 0 bridgehead atoms. The third-order valence-corrected chi connectivity index (χ3v) is 4.31. The Hall–Kier alpha value is -1.17. The van der Waals surface area contributed by atoms with E-state index in [4.69, 9.17) is 0 Å². The van der Waals surface area contributed by atoms with E-state index in [0.717, 1.165) is 40.7 Å². The van der Waals surface area contributed by atoms with Crippen LogP contribution >= 0.6 is 15.9 Å². The first-order chi connectivity index (χ1) is 10.2. The Morgan fingerprint density at radius 3 is 2.95 bits per heavy atom. The maximum absolute atomic E-state index is 10.2. The van der Waals surface area contributed by atoms with Crippen molar-refractivity contribution in [2.24, 2.45) is 0 Å². The summed E-state index contributed by atoms with van der Waals surface area (Å²) >= 11 is 3.44. The maximum atomic E-state index is 10.2. The van der Waals surface area contributed by atoms with Crippen LogP contribution in [0.15, 0.2) is 34.9 Å². The monoisotopic (exact) mass is 349 g/mol. The molecule has 21 heavy (non-hydrogen) atoms. The van der Waals surface area contributed by atoms with E-state index in [2.05, 4.69) is 31.1 Å². The summed E-state index contributed by atoms with van der Waals surface area (Å²) in [5, 5.41) is 14.6. The molecule has 1 aromatic carbocycles. The van der Waals surface area contributed by atoms with Gasteiger partial charge in [-0.15, -0.1) is 0 Å². The van der Waals surface area contributed by atoms with Crippen LogP contribution in [0, 0.1) is 0 Å². The molecule has 1 aliphatic heterocycles. The number of hydrogen-bond donors (Lipinski definition) is 2. The minimum absolute atomic E-state index is 0.353. The molecule has 3 rings (SSSR count). The van der Waals surface area contributed by atoms with E-state index in [0.29, 0.717) is 6.54 Å². The SMILES string of the molecule is OC(CNc1cccc2cc(Br)cnc12)CN1CCCC1. The highest BCUT2D eigenvalue weighted by Crippen LogP contribution is 2.23. The lowest BCUT2D eigenvalue weighted by Gasteiger charge is -2.20. The molecule has 0 spiro atoms. The number of nitrogens with zero attached hydrogens (tertiary/aromatic N) is 2. The Balaban J connectivity index is 1.64. The number of fused-ring (bicyclic) bond motifs is 1. The van der Waals surface area contributed by atoms with Crippen molar-refractivity contribution < 1.29 is 5.11 Å². The van der Waals surface area contributed by atoms with Crippen LogP contribution in [0.3, 0.4) is 0 Å². The maximum Gasteiger partial charge on any atom is 0.0934 e. The summed E-state index contributed by atoms with van der Waals surface area (Å²) in [6.07, 6.45) is 3.95. The van der Waals surface area contributed by atoms with Crippen molar-refractivity contribution >= 4 is 32.5 Å². The second-order valence-electron chi connectivity index (χ2n) is 5.57. The van der Waals surface area contributed by atoms with Crippen LogP contribution in [0.4, 0.5) is 5.69 Å². The van der Waals surface area contributed by atoms with Crippen LogP contribution < -0.4 is 5.32 Å². The number of nitrogens with one attached hydrogen (secondary N) is 1. The van der Waals surface area contributed by atoms with Crippen LogP contribution in [0.2, 0.25) is 0 Å². The number of anilines is 1. The molecule has 1 aromatic heterocycles. The summed E-state index contributed by atoms with van der Waals surface area (Å²) < 4.78 is 0.973. The predicted octanol–water partition coefficient (Wildman–Crippen LogP) is 2.87. The van der Waals surface area contributed by atoms with Crippen LogP contribution in [0.1, 0.15) is 12.8 Å². The second-order valence-corrected chi connectivity index (χ2v) is 6.49. The van der Waals surface area contributed by atoms with Gasteiger partial charge < -0.3 is 15.3 Å². The van der Waals surface area contributed by atoms with E-state index in [1.165, 1.54) is 12.8 Å². The highest BCUT2D eigenvalue weighted by atomic mass is 79.9. The lowest BCUT2D eigenvalue weighted by molar-refractivity contribution is 0.135. The van der Waals surface area contributed by atoms with Gasteiger partial charge in [0.2, 0.25) is 0 Å². The molecule has 0 amide bonds. The number of rotatable bonds is 5. The van der Waals surface area contributed by atoms with E-state index in [1.807, 2.05) is 24.3 Å². The van der Waals surface area contributed by atoms with Gasteiger partial charge in [0, 0.05) is 29.1 Å². The van der Waals surface area contributed by atoms with Crippen molar-refractivity contribution in [1.82, 2.24) is 9.88 Å². The van der Waals surface area contributed by atoms with Crippen molar-refractivity contribution in [3.05, 3.63) is 34.9 Å². The Morgan fingerprint density at radius 2 is 2.14 bits per heavy atom. The van der Waals surface area contributed by atoms with Crippen LogP contribution in [-0.4, -0.2) is 47.3 Å². The topological polar surface area (TPSA) is 48.4 Å². The lowest BCUT2D eigenvalue weighted by atomic mass is 10.2. The molecule has 5 heteroatoms.